The molecular formula is C16H22N4. The third-order valence-corrected chi connectivity index (χ3v) is 3.28. The zero-order chi connectivity index (χ0) is 14.5. The van der Waals surface area contributed by atoms with Gasteiger partial charge in [-0.3, -0.25) is 5.43 Å². The zero-order valence-corrected chi connectivity index (χ0v) is 12.1. The fraction of sp³-hybridized carbons (Fsp3) is 0.250. The van der Waals surface area contributed by atoms with Gasteiger partial charge >= 0.3 is 0 Å². The Morgan fingerprint density at radius 2 is 1.80 bits per heavy atom. The maximum Gasteiger partial charge on any atom is 0.0379 e. The SMILES string of the molecule is Cc1ccc(N)cc1CNN(C)Cc1cccc(N)c1. The van der Waals surface area contributed by atoms with Gasteiger partial charge in [0.05, 0.1) is 0 Å². The van der Waals surface area contributed by atoms with Gasteiger partial charge in [0.2, 0.25) is 0 Å². The van der Waals surface area contributed by atoms with E-state index in [0.29, 0.717) is 0 Å². The van der Waals surface area contributed by atoms with Crippen molar-refractivity contribution in [3.63, 3.8) is 0 Å². The number of benzene rings is 2. The summed E-state index contributed by atoms with van der Waals surface area (Å²) in [4.78, 5) is 0. The van der Waals surface area contributed by atoms with Crippen LogP contribution in [0.3, 0.4) is 0 Å². The summed E-state index contributed by atoms with van der Waals surface area (Å²) >= 11 is 0. The Hall–Kier alpha value is -2.04. The molecule has 0 aliphatic carbocycles. The van der Waals surface area contributed by atoms with Gasteiger partial charge in [0, 0.05) is 31.5 Å². The largest absolute Gasteiger partial charge is 0.399 e. The first-order valence-electron chi connectivity index (χ1n) is 6.68. The maximum absolute atomic E-state index is 5.82. The highest BCUT2D eigenvalue weighted by molar-refractivity contribution is 5.44. The topological polar surface area (TPSA) is 67.3 Å². The lowest BCUT2D eigenvalue weighted by atomic mass is 10.1. The number of nitrogens with two attached hydrogens (primary N) is 2. The molecule has 0 aliphatic rings. The van der Waals surface area contributed by atoms with Crippen molar-refractivity contribution in [2.75, 3.05) is 18.5 Å². The van der Waals surface area contributed by atoms with Crippen molar-refractivity contribution in [2.45, 2.75) is 20.0 Å². The molecular weight excluding hydrogens is 248 g/mol. The van der Waals surface area contributed by atoms with E-state index in [0.717, 1.165) is 24.5 Å². The van der Waals surface area contributed by atoms with Gasteiger partial charge in [-0.15, -0.1) is 0 Å². The third-order valence-electron chi connectivity index (χ3n) is 3.28. The van der Waals surface area contributed by atoms with Crippen LogP contribution in [0, 0.1) is 6.92 Å². The van der Waals surface area contributed by atoms with Crippen LogP contribution in [-0.4, -0.2) is 12.1 Å². The molecule has 0 saturated carbocycles. The summed E-state index contributed by atoms with van der Waals surface area (Å²) < 4.78 is 0. The second-order valence-electron chi connectivity index (χ2n) is 5.12. The Morgan fingerprint density at radius 3 is 2.55 bits per heavy atom. The molecule has 0 heterocycles. The Morgan fingerprint density at radius 1 is 1.05 bits per heavy atom. The van der Waals surface area contributed by atoms with Gasteiger partial charge in [0.25, 0.3) is 0 Å². The summed E-state index contributed by atoms with van der Waals surface area (Å²) in [6.45, 7) is 3.65. The highest BCUT2D eigenvalue weighted by atomic mass is 15.5. The number of nitrogens with one attached hydrogen (secondary N) is 1. The quantitative estimate of drug-likeness (QED) is 0.576. The van der Waals surface area contributed by atoms with E-state index in [1.165, 1.54) is 16.7 Å². The van der Waals surface area contributed by atoms with E-state index >= 15 is 0 Å². The van der Waals surface area contributed by atoms with Crippen LogP contribution in [0.5, 0.6) is 0 Å². The first-order valence-corrected chi connectivity index (χ1v) is 6.68. The number of rotatable bonds is 5. The summed E-state index contributed by atoms with van der Waals surface area (Å²) in [7, 11) is 2.02. The number of hydrogen-bond donors (Lipinski definition) is 3. The van der Waals surface area contributed by atoms with Crippen LogP contribution in [0.4, 0.5) is 11.4 Å². The first kappa shape index (κ1) is 14.4. The average Bonchev–Trinajstić information content (AvgIpc) is 2.40. The molecule has 0 amide bonds. The van der Waals surface area contributed by atoms with E-state index in [4.69, 9.17) is 11.5 Å². The number of aryl methyl sites for hydroxylation is 1. The second-order valence-corrected chi connectivity index (χ2v) is 5.12. The van der Waals surface area contributed by atoms with Crippen molar-refractivity contribution < 1.29 is 0 Å². The molecule has 2 aromatic rings. The Bertz CT molecular complexity index is 580. The van der Waals surface area contributed by atoms with E-state index in [1.54, 1.807) is 0 Å². The minimum Gasteiger partial charge on any atom is -0.399 e. The molecule has 0 aromatic heterocycles. The number of nitrogens with zero attached hydrogens (tertiary/aromatic N) is 1. The molecule has 5 N–H and O–H groups in total. The van der Waals surface area contributed by atoms with Crippen LogP contribution in [0.25, 0.3) is 0 Å². The van der Waals surface area contributed by atoms with Gasteiger partial charge in [-0.05, 0) is 47.9 Å². The summed E-state index contributed by atoms with van der Waals surface area (Å²) in [6.07, 6.45) is 0. The first-order chi connectivity index (χ1) is 9.54. The maximum atomic E-state index is 5.82. The van der Waals surface area contributed by atoms with E-state index in [-0.39, 0.29) is 0 Å². The molecule has 0 radical (unpaired) electrons. The molecule has 2 aromatic carbocycles. The fourth-order valence-corrected chi connectivity index (χ4v) is 2.12. The summed E-state index contributed by atoms with van der Waals surface area (Å²) in [5, 5.41) is 2.05. The molecule has 0 spiro atoms. The number of hydrazine groups is 1. The van der Waals surface area contributed by atoms with Crippen molar-refractivity contribution >= 4 is 11.4 Å². The average molecular weight is 270 g/mol. The molecule has 4 nitrogen and oxygen atoms in total. The highest BCUT2D eigenvalue weighted by Gasteiger charge is 2.03. The number of hydrogen-bond acceptors (Lipinski definition) is 4. The van der Waals surface area contributed by atoms with Gasteiger partial charge in [0.15, 0.2) is 0 Å². The van der Waals surface area contributed by atoms with Crippen LogP contribution >= 0.6 is 0 Å². The van der Waals surface area contributed by atoms with Crippen molar-refractivity contribution in [1.82, 2.24) is 10.4 Å². The fourth-order valence-electron chi connectivity index (χ4n) is 2.12. The van der Waals surface area contributed by atoms with Gasteiger partial charge < -0.3 is 11.5 Å². The summed E-state index contributed by atoms with van der Waals surface area (Å²) in [5.41, 5.74) is 20.2. The van der Waals surface area contributed by atoms with Gasteiger partial charge in [-0.1, -0.05) is 18.2 Å². The number of nitrogen functional groups attached to an aromatic ring is 2. The third kappa shape index (κ3) is 3.98. The van der Waals surface area contributed by atoms with Crippen molar-refractivity contribution in [2.24, 2.45) is 0 Å². The lowest BCUT2D eigenvalue weighted by molar-refractivity contribution is 0.222. The molecule has 20 heavy (non-hydrogen) atoms. The predicted molar refractivity (Wildman–Crippen MR) is 84.8 cm³/mol. The van der Waals surface area contributed by atoms with Crippen LogP contribution in [0.15, 0.2) is 42.5 Å². The van der Waals surface area contributed by atoms with Crippen LogP contribution < -0.4 is 16.9 Å². The predicted octanol–water partition coefficient (Wildman–Crippen LogP) is 2.30. The summed E-state index contributed by atoms with van der Waals surface area (Å²) in [5.74, 6) is 0. The minimum atomic E-state index is 0.760. The molecule has 0 fully saturated rings. The smallest absolute Gasteiger partial charge is 0.0379 e. The van der Waals surface area contributed by atoms with Crippen molar-refractivity contribution in [3.05, 3.63) is 59.2 Å². The molecule has 4 heteroatoms. The Balaban J connectivity index is 1.92. The molecule has 0 saturated heterocycles. The van der Waals surface area contributed by atoms with Crippen LogP contribution in [-0.2, 0) is 13.1 Å². The highest BCUT2D eigenvalue weighted by Crippen LogP contribution is 2.13. The van der Waals surface area contributed by atoms with Gasteiger partial charge in [-0.25, -0.2) is 5.01 Å². The van der Waals surface area contributed by atoms with Crippen molar-refractivity contribution in [1.29, 1.82) is 0 Å². The van der Waals surface area contributed by atoms with Crippen molar-refractivity contribution in [3.8, 4) is 0 Å². The molecule has 2 rings (SSSR count). The van der Waals surface area contributed by atoms with E-state index in [1.807, 2.05) is 43.4 Å². The minimum absolute atomic E-state index is 0.760. The lowest BCUT2D eigenvalue weighted by Crippen LogP contribution is -2.33. The van der Waals surface area contributed by atoms with E-state index < -0.39 is 0 Å². The van der Waals surface area contributed by atoms with Gasteiger partial charge in [0.1, 0.15) is 0 Å². The zero-order valence-electron chi connectivity index (χ0n) is 12.1. The standard InChI is InChI=1S/C16H22N4/c1-12-6-7-16(18)9-14(12)10-19-20(2)11-13-4-3-5-15(17)8-13/h3-9,19H,10-11,17-18H2,1-2H3. The monoisotopic (exact) mass is 270 g/mol. The molecule has 106 valence electrons. The molecule has 0 unspecified atom stereocenters. The second kappa shape index (κ2) is 6.41. The van der Waals surface area contributed by atoms with Crippen LogP contribution in [0.1, 0.15) is 16.7 Å². The van der Waals surface area contributed by atoms with Gasteiger partial charge in [-0.2, -0.15) is 0 Å². The Labute approximate surface area is 120 Å². The van der Waals surface area contributed by atoms with Crippen LogP contribution in [0.2, 0.25) is 0 Å². The summed E-state index contributed by atoms with van der Waals surface area (Å²) in [6, 6.07) is 13.9. The molecule has 0 atom stereocenters. The number of anilines is 2. The molecule has 0 aliphatic heterocycles. The van der Waals surface area contributed by atoms with E-state index in [9.17, 15) is 0 Å². The molecule has 0 bridgehead atoms. The van der Waals surface area contributed by atoms with E-state index in [2.05, 4.69) is 23.4 Å². The lowest BCUT2D eigenvalue weighted by Gasteiger charge is -2.19. The normalized spacial score (nSPS) is 10.9. The Kier molecular flexibility index (Phi) is 4.61.